The van der Waals surface area contributed by atoms with Gasteiger partial charge in [0.2, 0.25) is 5.91 Å². The van der Waals surface area contributed by atoms with Crippen LogP contribution >= 0.6 is 12.4 Å². The summed E-state index contributed by atoms with van der Waals surface area (Å²) in [5.74, 6) is -0.878. The lowest BCUT2D eigenvalue weighted by Gasteiger charge is -2.05. The molecule has 4 N–H and O–H groups in total. The first-order valence-corrected chi connectivity index (χ1v) is 7.58. The summed E-state index contributed by atoms with van der Waals surface area (Å²) in [5.41, 5.74) is 7.35. The second-order valence-corrected chi connectivity index (χ2v) is 5.11. The number of unbranched alkanes of at least 4 members (excludes halogenated alkanes) is 2. The average Bonchev–Trinajstić information content (AvgIpc) is 2.51. The Hall–Kier alpha value is -1.85. The Morgan fingerprint density at radius 3 is 2.43 bits per heavy atom. The smallest absolute Gasteiger partial charge is 0.328 e. The predicted molar refractivity (Wildman–Crippen MR) is 94.6 cm³/mol. The number of hydrogen-bond donors (Lipinski definition) is 3. The molecule has 0 saturated carbocycles. The molecule has 0 aromatic heterocycles. The van der Waals surface area contributed by atoms with Gasteiger partial charge in [-0.3, -0.25) is 4.79 Å². The van der Waals surface area contributed by atoms with Crippen LogP contribution in [0, 0.1) is 0 Å². The monoisotopic (exact) mass is 340 g/mol. The minimum atomic E-state index is -0.960. The second-order valence-electron chi connectivity index (χ2n) is 5.11. The number of carboxylic acids is 1. The summed E-state index contributed by atoms with van der Waals surface area (Å²) in [6, 6.07) is 7.61. The minimum absolute atomic E-state index is 0. The van der Waals surface area contributed by atoms with Crippen LogP contribution in [0.1, 0.15) is 36.8 Å². The van der Waals surface area contributed by atoms with Gasteiger partial charge in [0.15, 0.2) is 0 Å². The normalized spacial score (nSPS) is 10.3. The number of carboxylic acid groups (broad SMARTS) is 1. The third-order valence-electron chi connectivity index (χ3n) is 3.24. The number of carbonyl (C=O) groups excluding carboxylic acids is 1. The molecule has 23 heavy (non-hydrogen) atoms. The van der Waals surface area contributed by atoms with Crippen LogP contribution < -0.4 is 11.1 Å². The highest BCUT2D eigenvalue weighted by atomic mass is 35.5. The number of aliphatic carboxylic acids is 1. The van der Waals surface area contributed by atoms with Gasteiger partial charge in [-0.25, -0.2) is 4.79 Å². The molecule has 1 aromatic carbocycles. The van der Waals surface area contributed by atoms with Gasteiger partial charge in [0.25, 0.3) is 0 Å². The first kappa shape index (κ1) is 21.1. The number of benzene rings is 1. The molecule has 0 spiro atoms. The van der Waals surface area contributed by atoms with Crippen LogP contribution in [-0.4, -0.2) is 30.1 Å². The van der Waals surface area contributed by atoms with Crippen molar-refractivity contribution in [3.63, 3.8) is 0 Å². The number of rotatable bonds is 10. The zero-order chi connectivity index (χ0) is 16.2. The van der Waals surface area contributed by atoms with Crippen LogP contribution in [0.2, 0.25) is 0 Å². The van der Waals surface area contributed by atoms with Gasteiger partial charge >= 0.3 is 5.97 Å². The Labute approximate surface area is 143 Å². The van der Waals surface area contributed by atoms with E-state index >= 15 is 0 Å². The topological polar surface area (TPSA) is 92.4 Å². The van der Waals surface area contributed by atoms with Gasteiger partial charge in [-0.2, -0.15) is 0 Å². The summed E-state index contributed by atoms with van der Waals surface area (Å²) in [7, 11) is 0. The summed E-state index contributed by atoms with van der Waals surface area (Å²) >= 11 is 0. The summed E-state index contributed by atoms with van der Waals surface area (Å²) in [6.45, 7) is 1.29. The maximum absolute atomic E-state index is 11.6. The molecular weight excluding hydrogens is 316 g/mol. The molecule has 6 heteroatoms. The third kappa shape index (κ3) is 10.5. The summed E-state index contributed by atoms with van der Waals surface area (Å²) in [5, 5.41) is 11.5. The van der Waals surface area contributed by atoms with E-state index in [4.69, 9.17) is 10.8 Å². The molecule has 0 saturated heterocycles. The molecule has 0 bridgehead atoms. The quantitative estimate of drug-likeness (QED) is 0.450. The van der Waals surface area contributed by atoms with Crippen LogP contribution in [0.15, 0.2) is 30.3 Å². The van der Waals surface area contributed by atoms with Crippen molar-refractivity contribution < 1.29 is 14.7 Å². The highest BCUT2D eigenvalue weighted by molar-refractivity contribution is 5.85. The minimum Gasteiger partial charge on any atom is -0.478 e. The SMILES string of the molecule is Cl.NCCCCCC(=O)NCCc1ccc(C=CC(=O)O)cc1. The lowest BCUT2D eigenvalue weighted by Crippen LogP contribution is -2.25. The zero-order valence-corrected chi connectivity index (χ0v) is 14.0. The molecule has 0 radical (unpaired) electrons. The third-order valence-corrected chi connectivity index (χ3v) is 3.24. The zero-order valence-electron chi connectivity index (χ0n) is 13.2. The fourth-order valence-electron chi connectivity index (χ4n) is 2.00. The maximum atomic E-state index is 11.6. The highest BCUT2D eigenvalue weighted by Gasteiger charge is 2.01. The van der Waals surface area contributed by atoms with Crippen molar-refractivity contribution in [3.8, 4) is 0 Å². The highest BCUT2D eigenvalue weighted by Crippen LogP contribution is 2.07. The summed E-state index contributed by atoms with van der Waals surface area (Å²) in [6.07, 6.45) is 6.82. The number of nitrogens with two attached hydrogens (primary N) is 1. The van der Waals surface area contributed by atoms with Gasteiger partial charge in [-0.1, -0.05) is 30.7 Å². The van der Waals surface area contributed by atoms with Gasteiger partial charge in [-0.05, 0) is 43.0 Å². The van der Waals surface area contributed by atoms with Crippen molar-refractivity contribution in [2.45, 2.75) is 32.1 Å². The molecule has 1 rings (SSSR count). The Balaban J connectivity index is 0.00000484. The molecule has 1 amide bonds. The molecule has 0 unspecified atom stereocenters. The van der Waals surface area contributed by atoms with Crippen LogP contribution in [0.5, 0.6) is 0 Å². The second kappa shape index (κ2) is 12.7. The van der Waals surface area contributed by atoms with Crippen LogP contribution in [-0.2, 0) is 16.0 Å². The van der Waals surface area contributed by atoms with E-state index in [0.29, 0.717) is 19.5 Å². The van der Waals surface area contributed by atoms with Gasteiger partial charge in [0.1, 0.15) is 0 Å². The number of halogens is 1. The lowest BCUT2D eigenvalue weighted by molar-refractivity contribution is -0.131. The average molecular weight is 341 g/mol. The molecule has 0 aliphatic carbocycles. The predicted octanol–water partition coefficient (Wildman–Crippen LogP) is 2.38. The van der Waals surface area contributed by atoms with Crippen molar-refractivity contribution >= 4 is 30.4 Å². The standard InChI is InChI=1S/C17H24N2O3.ClH/c18-12-3-1-2-4-16(20)19-13-11-15-7-5-14(6-8-15)9-10-17(21)22;/h5-10H,1-4,11-13,18H2,(H,19,20)(H,21,22);1H. The van der Waals surface area contributed by atoms with E-state index in [1.807, 2.05) is 24.3 Å². The van der Waals surface area contributed by atoms with E-state index < -0.39 is 5.97 Å². The van der Waals surface area contributed by atoms with Crippen molar-refractivity contribution in [1.29, 1.82) is 0 Å². The van der Waals surface area contributed by atoms with E-state index in [1.54, 1.807) is 6.08 Å². The van der Waals surface area contributed by atoms with Crippen molar-refractivity contribution in [2.24, 2.45) is 5.73 Å². The molecule has 0 aliphatic heterocycles. The number of amides is 1. The summed E-state index contributed by atoms with van der Waals surface area (Å²) < 4.78 is 0. The fourth-order valence-corrected chi connectivity index (χ4v) is 2.00. The molecule has 0 atom stereocenters. The largest absolute Gasteiger partial charge is 0.478 e. The summed E-state index contributed by atoms with van der Waals surface area (Å²) in [4.78, 5) is 22.0. The van der Waals surface area contributed by atoms with Crippen molar-refractivity contribution in [2.75, 3.05) is 13.1 Å². The Morgan fingerprint density at radius 1 is 1.13 bits per heavy atom. The van der Waals surface area contributed by atoms with Crippen LogP contribution in [0.4, 0.5) is 0 Å². The van der Waals surface area contributed by atoms with Crippen molar-refractivity contribution in [1.82, 2.24) is 5.32 Å². The van der Waals surface area contributed by atoms with Gasteiger partial charge in [0, 0.05) is 19.0 Å². The first-order chi connectivity index (χ1) is 10.6. The number of hydrogen-bond acceptors (Lipinski definition) is 3. The van der Waals surface area contributed by atoms with Gasteiger partial charge in [-0.15, -0.1) is 12.4 Å². The van der Waals surface area contributed by atoms with Gasteiger partial charge in [0.05, 0.1) is 0 Å². The Morgan fingerprint density at radius 2 is 1.83 bits per heavy atom. The van der Waals surface area contributed by atoms with E-state index in [9.17, 15) is 9.59 Å². The van der Waals surface area contributed by atoms with Crippen LogP contribution in [0.3, 0.4) is 0 Å². The lowest BCUT2D eigenvalue weighted by atomic mass is 10.1. The molecule has 128 valence electrons. The molecule has 0 aliphatic rings. The van der Waals surface area contributed by atoms with Crippen molar-refractivity contribution in [3.05, 3.63) is 41.5 Å². The molecule has 1 aromatic rings. The van der Waals surface area contributed by atoms with E-state index in [2.05, 4.69) is 5.32 Å². The molecule has 5 nitrogen and oxygen atoms in total. The number of carbonyl (C=O) groups is 2. The van der Waals surface area contributed by atoms with E-state index in [0.717, 1.165) is 42.9 Å². The van der Waals surface area contributed by atoms with E-state index in [-0.39, 0.29) is 18.3 Å². The molecule has 0 fully saturated rings. The fraction of sp³-hybridized carbons (Fsp3) is 0.412. The Bertz CT molecular complexity index is 501. The number of nitrogens with one attached hydrogen (secondary N) is 1. The Kier molecular flexibility index (Phi) is 11.7. The molecular formula is C17H25ClN2O3. The van der Waals surface area contributed by atoms with Crippen LogP contribution in [0.25, 0.3) is 6.08 Å². The maximum Gasteiger partial charge on any atom is 0.328 e. The van der Waals surface area contributed by atoms with Gasteiger partial charge < -0.3 is 16.2 Å². The molecule has 0 heterocycles. The first-order valence-electron chi connectivity index (χ1n) is 7.58. The van der Waals surface area contributed by atoms with E-state index in [1.165, 1.54) is 0 Å².